The Morgan fingerprint density at radius 3 is 3.06 bits per heavy atom. The first-order chi connectivity index (χ1) is 8.20. The van der Waals surface area contributed by atoms with E-state index in [-0.39, 0.29) is 11.9 Å². The highest BCUT2D eigenvalue weighted by atomic mass is 16.5. The number of fused-ring (bicyclic) bond motifs is 3. The molecule has 0 N–H and O–H groups in total. The molecule has 0 fully saturated rings. The van der Waals surface area contributed by atoms with Crippen molar-refractivity contribution in [1.82, 2.24) is 0 Å². The fourth-order valence-electron chi connectivity index (χ4n) is 2.21. The molecule has 4 nitrogen and oxygen atoms in total. The lowest BCUT2D eigenvalue weighted by molar-refractivity contribution is 0.0869. The van der Waals surface area contributed by atoms with Crippen LogP contribution in [0.2, 0.25) is 0 Å². The lowest BCUT2D eigenvalue weighted by Gasteiger charge is -2.24. The summed E-state index contributed by atoms with van der Waals surface area (Å²) in [6.45, 7) is 1.88. The van der Waals surface area contributed by atoms with Gasteiger partial charge in [0.2, 0.25) is 0 Å². The van der Waals surface area contributed by atoms with Crippen LogP contribution in [0, 0.1) is 0 Å². The summed E-state index contributed by atoms with van der Waals surface area (Å²) in [5, 5.41) is 0.820. The molecule has 1 aromatic carbocycles. The molecule has 2 heterocycles. The molecular weight excluding hydrogens is 220 g/mol. The number of ketones is 1. The number of rotatable bonds is 1. The molecular formula is C13H12O4. The number of furan rings is 1. The zero-order valence-electron chi connectivity index (χ0n) is 9.65. The number of benzene rings is 1. The second-order valence-electron chi connectivity index (χ2n) is 4.17. The third-order valence-electron chi connectivity index (χ3n) is 2.97. The van der Waals surface area contributed by atoms with Crippen LogP contribution in [0.4, 0.5) is 0 Å². The van der Waals surface area contributed by atoms with Gasteiger partial charge in [0.15, 0.2) is 5.78 Å². The highest BCUT2D eigenvalue weighted by molar-refractivity contribution is 6.07. The maximum absolute atomic E-state index is 12.1. The molecule has 1 atom stereocenters. The first-order valence-electron chi connectivity index (χ1n) is 5.48. The Balaban J connectivity index is 2.36. The number of hydrogen-bond acceptors (Lipinski definition) is 4. The van der Waals surface area contributed by atoms with Gasteiger partial charge in [0, 0.05) is 12.5 Å². The Labute approximate surface area is 98.1 Å². The molecule has 88 valence electrons. The van der Waals surface area contributed by atoms with E-state index < -0.39 is 0 Å². The Bertz CT molecular complexity index is 597. The monoisotopic (exact) mass is 232 g/mol. The van der Waals surface area contributed by atoms with Crippen molar-refractivity contribution in [2.45, 2.75) is 19.4 Å². The highest BCUT2D eigenvalue weighted by Gasteiger charge is 2.29. The van der Waals surface area contributed by atoms with E-state index in [4.69, 9.17) is 13.9 Å². The van der Waals surface area contributed by atoms with Gasteiger partial charge in [0.05, 0.1) is 18.8 Å². The normalized spacial score (nSPS) is 18.9. The van der Waals surface area contributed by atoms with Gasteiger partial charge in [-0.3, -0.25) is 4.79 Å². The van der Waals surface area contributed by atoms with Crippen molar-refractivity contribution >= 4 is 16.8 Å². The molecule has 4 heteroatoms. The Kier molecular flexibility index (Phi) is 2.11. The lowest BCUT2D eigenvalue weighted by Crippen LogP contribution is -2.24. The van der Waals surface area contributed by atoms with Crippen LogP contribution in [-0.2, 0) is 0 Å². The zero-order chi connectivity index (χ0) is 12.0. The molecule has 1 aromatic heterocycles. The summed E-state index contributed by atoms with van der Waals surface area (Å²) < 4.78 is 16.3. The van der Waals surface area contributed by atoms with Crippen LogP contribution in [0.5, 0.6) is 11.5 Å². The molecule has 0 spiro atoms. The molecule has 0 bridgehead atoms. The Hall–Kier alpha value is -1.97. The van der Waals surface area contributed by atoms with E-state index in [1.54, 1.807) is 18.4 Å². The van der Waals surface area contributed by atoms with Gasteiger partial charge in [-0.1, -0.05) is 0 Å². The van der Waals surface area contributed by atoms with Gasteiger partial charge < -0.3 is 13.9 Å². The number of methoxy groups -OCH3 is 1. The standard InChI is InChI=1S/C13H12O4/c1-7-5-9(14)12-11(15-2)6-10-8(3-4-16-10)13(12)17-7/h3-4,6-7H,5H2,1-2H3/t7-/m1/s1. The van der Waals surface area contributed by atoms with Crippen LogP contribution in [0.25, 0.3) is 11.0 Å². The molecule has 1 aliphatic heterocycles. The largest absolute Gasteiger partial charge is 0.496 e. The third-order valence-corrected chi connectivity index (χ3v) is 2.97. The molecule has 2 aromatic rings. The predicted octanol–water partition coefficient (Wildman–Crippen LogP) is 2.80. The summed E-state index contributed by atoms with van der Waals surface area (Å²) in [7, 11) is 1.54. The summed E-state index contributed by atoms with van der Waals surface area (Å²) in [6.07, 6.45) is 1.85. The molecule has 0 saturated heterocycles. The molecule has 0 unspecified atom stereocenters. The second kappa shape index (κ2) is 3.52. The van der Waals surface area contributed by atoms with Crippen LogP contribution >= 0.6 is 0 Å². The summed E-state index contributed by atoms with van der Waals surface area (Å²) in [6, 6.07) is 3.53. The van der Waals surface area contributed by atoms with Crippen molar-refractivity contribution in [2.75, 3.05) is 7.11 Å². The van der Waals surface area contributed by atoms with Crippen molar-refractivity contribution in [3.63, 3.8) is 0 Å². The molecule has 0 radical (unpaired) electrons. The van der Waals surface area contributed by atoms with Crippen molar-refractivity contribution in [2.24, 2.45) is 0 Å². The van der Waals surface area contributed by atoms with Crippen LogP contribution in [-0.4, -0.2) is 19.0 Å². The van der Waals surface area contributed by atoms with E-state index in [0.717, 1.165) is 5.39 Å². The SMILES string of the molecule is COc1cc2occc2c2c1C(=O)C[C@@H](C)O2. The maximum atomic E-state index is 12.1. The van der Waals surface area contributed by atoms with Gasteiger partial charge in [-0.2, -0.15) is 0 Å². The van der Waals surface area contributed by atoms with E-state index in [1.807, 2.05) is 6.92 Å². The van der Waals surface area contributed by atoms with Crippen molar-refractivity contribution < 1.29 is 18.7 Å². The molecule has 17 heavy (non-hydrogen) atoms. The fourth-order valence-corrected chi connectivity index (χ4v) is 2.21. The molecule has 0 aliphatic carbocycles. The fraction of sp³-hybridized carbons (Fsp3) is 0.308. The summed E-state index contributed by atoms with van der Waals surface area (Å²) in [4.78, 5) is 12.1. The number of hydrogen-bond donors (Lipinski definition) is 0. The van der Waals surface area contributed by atoms with E-state index in [9.17, 15) is 4.79 Å². The van der Waals surface area contributed by atoms with E-state index in [2.05, 4.69) is 0 Å². The molecule has 1 aliphatic rings. The number of ether oxygens (including phenoxy) is 2. The highest BCUT2D eigenvalue weighted by Crippen LogP contribution is 2.41. The average molecular weight is 232 g/mol. The quantitative estimate of drug-likeness (QED) is 0.758. The van der Waals surface area contributed by atoms with Crippen LogP contribution in [0.3, 0.4) is 0 Å². The maximum Gasteiger partial charge on any atom is 0.174 e. The number of carbonyl (C=O) groups is 1. The predicted molar refractivity (Wildman–Crippen MR) is 61.8 cm³/mol. The van der Waals surface area contributed by atoms with E-state index in [0.29, 0.717) is 29.1 Å². The van der Waals surface area contributed by atoms with Gasteiger partial charge >= 0.3 is 0 Å². The van der Waals surface area contributed by atoms with Crippen molar-refractivity contribution in [3.8, 4) is 11.5 Å². The van der Waals surface area contributed by atoms with Gasteiger partial charge in [0.1, 0.15) is 28.7 Å². The van der Waals surface area contributed by atoms with Crippen LogP contribution in [0.15, 0.2) is 22.8 Å². The number of carbonyl (C=O) groups excluding carboxylic acids is 1. The minimum atomic E-state index is -0.111. The first kappa shape index (κ1) is 10.2. The molecule has 0 amide bonds. The van der Waals surface area contributed by atoms with Crippen molar-refractivity contribution in [3.05, 3.63) is 24.0 Å². The van der Waals surface area contributed by atoms with Crippen LogP contribution in [0.1, 0.15) is 23.7 Å². The third kappa shape index (κ3) is 1.40. The van der Waals surface area contributed by atoms with Gasteiger partial charge in [-0.05, 0) is 13.0 Å². The second-order valence-corrected chi connectivity index (χ2v) is 4.17. The van der Waals surface area contributed by atoms with E-state index in [1.165, 1.54) is 7.11 Å². The topological polar surface area (TPSA) is 48.7 Å². The number of Topliss-reactive ketones (excluding diaryl/α,β-unsaturated/α-hetero) is 1. The zero-order valence-corrected chi connectivity index (χ0v) is 9.65. The van der Waals surface area contributed by atoms with E-state index >= 15 is 0 Å². The van der Waals surface area contributed by atoms with Gasteiger partial charge in [-0.15, -0.1) is 0 Å². The van der Waals surface area contributed by atoms with Gasteiger partial charge in [-0.25, -0.2) is 0 Å². The summed E-state index contributed by atoms with van der Waals surface area (Å²) in [5.41, 5.74) is 1.20. The minimum Gasteiger partial charge on any atom is -0.496 e. The lowest BCUT2D eigenvalue weighted by atomic mass is 9.98. The molecule has 0 saturated carbocycles. The smallest absolute Gasteiger partial charge is 0.174 e. The summed E-state index contributed by atoms with van der Waals surface area (Å²) in [5.74, 6) is 1.15. The summed E-state index contributed by atoms with van der Waals surface area (Å²) >= 11 is 0. The first-order valence-corrected chi connectivity index (χ1v) is 5.48. The van der Waals surface area contributed by atoms with Crippen LogP contribution < -0.4 is 9.47 Å². The molecule has 3 rings (SSSR count). The average Bonchev–Trinajstić information content (AvgIpc) is 2.75. The van der Waals surface area contributed by atoms with Gasteiger partial charge in [0.25, 0.3) is 0 Å². The Morgan fingerprint density at radius 1 is 1.47 bits per heavy atom. The van der Waals surface area contributed by atoms with Crippen molar-refractivity contribution in [1.29, 1.82) is 0 Å². The Morgan fingerprint density at radius 2 is 2.29 bits per heavy atom. The minimum absolute atomic E-state index is 0.0544.